The Morgan fingerprint density at radius 1 is 1.03 bits per heavy atom. The lowest BCUT2D eigenvalue weighted by atomic mass is 9.48. The van der Waals surface area contributed by atoms with Crippen molar-refractivity contribution >= 4 is 17.2 Å². The van der Waals surface area contributed by atoms with E-state index >= 15 is 4.39 Å². The molecule has 1 amide bonds. The maximum Gasteiger partial charge on any atom is 0.251 e. The lowest BCUT2D eigenvalue weighted by molar-refractivity contribution is -0.00672. The minimum atomic E-state index is -0.0650. The van der Waals surface area contributed by atoms with Crippen molar-refractivity contribution < 1.29 is 9.18 Å². The molecule has 1 aromatic heterocycles. The molecule has 4 fully saturated rings. The summed E-state index contributed by atoms with van der Waals surface area (Å²) in [5.41, 5.74) is 3.62. The van der Waals surface area contributed by atoms with E-state index in [2.05, 4.69) is 16.8 Å². The van der Waals surface area contributed by atoms with Crippen LogP contribution in [0.4, 0.5) is 4.39 Å². The molecule has 0 atom stereocenters. The van der Waals surface area contributed by atoms with Gasteiger partial charge in [0.25, 0.3) is 5.91 Å². The van der Waals surface area contributed by atoms with Crippen molar-refractivity contribution in [1.29, 1.82) is 0 Å². The van der Waals surface area contributed by atoms with Crippen LogP contribution in [0.1, 0.15) is 60.1 Å². The van der Waals surface area contributed by atoms with Crippen molar-refractivity contribution in [3.8, 4) is 10.6 Å². The maximum absolute atomic E-state index is 15.1. The van der Waals surface area contributed by atoms with Gasteiger partial charge in [0.15, 0.2) is 0 Å². The highest BCUT2D eigenvalue weighted by Gasteiger charge is 2.52. The molecule has 4 aliphatic rings. The fourth-order valence-corrected chi connectivity index (χ4v) is 7.91. The first-order valence-corrected chi connectivity index (χ1v) is 13.0. The molecule has 3 aromatic rings. The zero-order chi connectivity index (χ0) is 22.4. The minimum Gasteiger partial charge on any atom is -0.352 e. The molecule has 3 nitrogen and oxygen atoms in total. The van der Waals surface area contributed by atoms with Crippen LogP contribution in [0.25, 0.3) is 10.6 Å². The number of nitrogens with one attached hydrogen (secondary N) is 1. The van der Waals surface area contributed by atoms with E-state index in [9.17, 15) is 4.79 Å². The van der Waals surface area contributed by atoms with E-state index in [0.29, 0.717) is 18.5 Å². The van der Waals surface area contributed by atoms with Gasteiger partial charge in [-0.25, -0.2) is 9.37 Å². The molecule has 0 unspecified atom stereocenters. The van der Waals surface area contributed by atoms with E-state index < -0.39 is 0 Å². The number of benzene rings is 2. The van der Waals surface area contributed by atoms with Crippen LogP contribution in [0.15, 0.2) is 53.9 Å². The van der Waals surface area contributed by atoms with Crippen LogP contribution in [-0.4, -0.2) is 17.4 Å². The normalized spacial score (nSPS) is 27.6. The van der Waals surface area contributed by atoms with Gasteiger partial charge in [0.05, 0.1) is 5.69 Å². The number of nitrogens with zero attached hydrogens (tertiary/aromatic N) is 1. The van der Waals surface area contributed by atoms with Gasteiger partial charge in [-0.1, -0.05) is 18.2 Å². The summed E-state index contributed by atoms with van der Waals surface area (Å²) < 4.78 is 15.1. The molecule has 4 bridgehead atoms. The summed E-state index contributed by atoms with van der Waals surface area (Å²) in [6, 6.07) is 14.9. The summed E-state index contributed by atoms with van der Waals surface area (Å²) >= 11 is 1.60. The molecular formula is C28H29FN2OS. The van der Waals surface area contributed by atoms with Crippen molar-refractivity contribution in [3.63, 3.8) is 0 Å². The van der Waals surface area contributed by atoms with Crippen molar-refractivity contribution in [1.82, 2.24) is 10.3 Å². The molecule has 4 aliphatic carbocycles. The van der Waals surface area contributed by atoms with Gasteiger partial charge in [-0.15, -0.1) is 11.3 Å². The van der Waals surface area contributed by atoms with Crippen LogP contribution >= 0.6 is 11.3 Å². The number of carbonyl (C=O) groups excluding carboxylic acids is 1. The Kier molecular flexibility index (Phi) is 5.33. The molecule has 170 valence electrons. The first kappa shape index (κ1) is 21.0. The highest BCUT2D eigenvalue weighted by atomic mass is 32.1. The van der Waals surface area contributed by atoms with Crippen LogP contribution in [0.5, 0.6) is 0 Å². The van der Waals surface area contributed by atoms with Gasteiger partial charge in [-0.3, -0.25) is 4.79 Å². The molecule has 5 heteroatoms. The second-order valence-electron chi connectivity index (χ2n) is 10.4. The molecule has 0 saturated heterocycles. The minimum absolute atomic E-state index is 0.0383. The standard InChI is InChI=1S/C28H29FN2OS/c29-25-7-6-22(13-24(25)28-14-18-10-19(15-28)12-20(11-18)16-28)27-31-23(17-33-27)8-9-30-26(32)21-4-2-1-3-5-21/h1-7,13,17-20H,8-12,14-16H2,(H,30,32). The average molecular weight is 461 g/mol. The number of aromatic nitrogens is 1. The third-order valence-corrected chi connectivity index (χ3v) is 9.02. The average Bonchev–Trinajstić information content (AvgIpc) is 3.28. The Morgan fingerprint density at radius 2 is 1.73 bits per heavy atom. The first-order chi connectivity index (χ1) is 16.1. The van der Waals surface area contributed by atoms with Crippen LogP contribution in [0, 0.1) is 23.6 Å². The van der Waals surface area contributed by atoms with E-state index in [-0.39, 0.29) is 17.1 Å². The molecule has 33 heavy (non-hydrogen) atoms. The summed E-state index contributed by atoms with van der Waals surface area (Å²) in [5.74, 6) is 2.26. The van der Waals surface area contributed by atoms with Gasteiger partial charge < -0.3 is 5.32 Å². The topological polar surface area (TPSA) is 42.0 Å². The number of rotatable bonds is 6. The summed E-state index contributed by atoms with van der Waals surface area (Å²) in [4.78, 5) is 17.0. The van der Waals surface area contributed by atoms with Crippen molar-refractivity contribution in [2.75, 3.05) is 6.54 Å². The third-order valence-electron chi connectivity index (χ3n) is 8.08. The van der Waals surface area contributed by atoms with Crippen molar-refractivity contribution in [3.05, 3.63) is 76.5 Å². The monoisotopic (exact) mass is 460 g/mol. The lowest BCUT2D eigenvalue weighted by Crippen LogP contribution is -2.48. The van der Waals surface area contributed by atoms with Gasteiger partial charge in [0, 0.05) is 29.5 Å². The number of amides is 1. The van der Waals surface area contributed by atoms with Gasteiger partial charge >= 0.3 is 0 Å². The third kappa shape index (κ3) is 4.01. The maximum atomic E-state index is 15.1. The van der Waals surface area contributed by atoms with Gasteiger partial charge in [-0.05, 0) is 97.6 Å². The number of hydrogen-bond donors (Lipinski definition) is 1. The molecule has 1 heterocycles. The number of halogens is 1. The number of hydrogen-bond acceptors (Lipinski definition) is 3. The quantitative estimate of drug-likeness (QED) is 0.463. The number of thiazole rings is 1. The van der Waals surface area contributed by atoms with Crippen LogP contribution in [0.2, 0.25) is 0 Å². The summed E-state index contributed by atoms with van der Waals surface area (Å²) in [5, 5.41) is 5.95. The van der Waals surface area contributed by atoms with Crippen LogP contribution < -0.4 is 5.32 Å². The molecule has 0 aliphatic heterocycles. The molecule has 7 rings (SSSR count). The predicted octanol–water partition coefficient (Wildman–Crippen LogP) is 6.39. The molecule has 4 saturated carbocycles. The number of carbonyl (C=O) groups is 1. The Hall–Kier alpha value is -2.53. The predicted molar refractivity (Wildman–Crippen MR) is 130 cm³/mol. The van der Waals surface area contributed by atoms with Gasteiger partial charge in [0.2, 0.25) is 0 Å². The summed E-state index contributed by atoms with van der Waals surface area (Å²) in [7, 11) is 0. The molecule has 0 spiro atoms. The SMILES string of the molecule is O=C(NCCc1csc(-c2ccc(F)c(C34CC5CC(CC(C5)C3)C4)c2)n1)c1ccccc1. The van der Waals surface area contributed by atoms with Gasteiger partial charge in [0.1, 0.15) is 10.8 Å². The Morgan fingerprint density at radius 3 is 2.42 bits per heavy atom. The zero-order valence-electron chi connectivity index (χ0n) is 18.7. The molecule has 2 aromatic carbocycles. The highest BCUT2D eigenvalue weighted by Crippen LogP contribution is 2.61. The molecule has 0 radical (unpaired) electrons. The lowest BCUT2D eigenvalue weighted by Gasteiger charge is -2.57. The van der Waals surface area contributed by atoms with Crippen molar-refractivity contribution in [2.24, 2.45) is 17.8 Å². The second-order valence-corrected chi connectivity index (χ2v) is 11.3. The van der Waals surface area contributed by atoms with E-state index in [1.54, 1.807) is 17.4 Å². The van der Waals surface area contributed by atoms with Crippen LogP contribution in [-0.2, 0) is 11.8 Å². The molecular weight excluding hydrogens is 431 g/mol. The summed E-state index contributed by atoms with van der Waals surface area (Å²) in [6.45, 7) is 0.541. The zero-order valence-corrected chi connectivity index (χ0v) is 19.5. The molecule has 1 N–H and O–H groups in total. The highest BCUT2D eigenvalue weighted by molar-refractivity contribution is 7.13. The first-order valence-electron chi connectivity index (χ1n) is 12.2. The second kappa shape index (κ2) is 8.35. The van der Waals surface area contributed by atoms with E-state index in [0.717, 1.165) is 58.8 Å². The smallest absolute Gasteiger partial charge is 0.251 e. The van der Waals surface area contributed by atoms with E-state index in [1.807, 2.05) is 36.4 Å². The largest absolute Gasteiger partial charge is 0.352 e. The fourth-order valence-electron chi connectivity index (χ4n) is 7.06. The Balaban J connectivity index is 1.17. The van der Waals surface area contributed by atoms with E-state index in [4.69, 9.17) is 4.98 Å². The fraction of sp³-hybridized carbons (Fsp3) is 0.429. The van der Waals surface area contributed by atoms with Gasteiger partial charge in [-0.2, -0.15) is 0 Å². The van der Waals surface area contributed by atoms with Crippen molar-refractivity contribution in [2.45, 2.75) is 50.4 Å². The Bertz CT molecular complexity index is 1140. The van der Waals surface area contributed by atoms with E-state index in [1.165, 1.54) is 19.3 Å². The van der Waals surface area contributed by atoms with Crippen LogP contribution in [0.3, 0.4) is 0 Å². The Labute approximate surface area is 198 Å². The summed E-state index contributed by atoms with van der Waals surface area (Å²) in [6.07, 6.45) is 8.22.